The number of aliphatic hydroxyl groups excluding tert-OH is 1. The Morgan fingerprint density at radius 3 is 3.20 bits per heavy atom. The molecule has 0 fully saturated rings. The van der Waals surface area contributed by atoms with Gasteiger partial charge in [-0.25, -0.2) is 4.98 Å². The van der Waals surface area contributed by atoms with Crippen LogP contribution in [-0.4, -0.2) is 38.4 Å². The third-order valence-corrected chi connectivity index (χ3v) is 2.16. The molecule has 15 heavy (non-hydrogen) atoms. The lowest BCUT2D eigenvalue weighted by molar-refractivity contribution is 0.292. The first kappa shape index (κ1) is 10.1. The summed E-state index contributed by atoms with van der Waals surface area (Å²) in [5.74, 6) is 0.691. The highest BCUT2D eigenvalue weighted by Crippen LogP contribution is 2.16. The van der Waals surface area contributed by atoms with Crippen molar-refractivity contribution in [3.8, 4) is 0 Å². The van der Waals surface area contributed by atoms with Gasteiger partial charge >= 0.3 is 0 Å². The fourth-order valence-corrected chi connectivity index (χ4v) is 1.47. The van der Waals surface area contributed by atoms with Gasteiger partial charge in [0, 0.05) is 13.2 Å². The van der Waals surface area contributed by atoms with Gasteiger partial charge in [-0.2, -0.15) is 5.10 Å². The molecule has 0 bridgehead atoms. The number of H-pyrrole nitrogens is 2. The van der Waals surface area contributed by atoms with Gasteiger partial charge in [-0.15, -0.1) is 0 Å². The van der Waals surface area contributed by atoms with E-state index in [0.29, 0.717) is 23.6 Å². The second-order valence-corrected chi connectivity index (χ2v) is 3.44. The molecule has 0 saturated carbocycles. The van der Waals surface area contributed by atoms with Crippen LogP contribution in [0.4, 0.5) is 5.82 Å². The maximum absolute atomic E-state index is 8.67. The molecule has 0 aliphatic rings. The first-order valence-electron chi connectivity index (χ1n) is 4.59. The van der Waals surface area contributed by atoms with E-state index in [-0.39, 0.29) is 6.61 Å². The van der Waals surface area contributed by atoms with Gasteiger partial charge in [0.1, 0.15) is 11.5 Å². The maximum atomic E-state index is 8.67. The van der Waals surface area contributed by atoms with Crippen molar-refractivity contribution >= 4 is 29.1 Å². The Balaban J connectivity index is 2.32. The van der Waals surface area contributed by atoms with Gasteiger partial charge in [0.25, 0.3) is 0 Å². The van der Waals surface area contributed by atoms with Crippen LogP contribution in [0.2, 0.25) is 0 Å². The van der Waals surface area contributed by atoms with E-state index in [4.69, 9.17) is 17.3 Å². The SMILES string of the molecule is OCCCNc1nc(=S)[nH]c2[nH]ncc12. The summed E-state index contributed by atoms with van der Waals surface area (Å²) in [6.45, 7) is 0.809. The normalized spacial score (nSPS) is 10.7. The fraction of sp³-hybridized carbons (Fsp3) is 0.375. The molecule has 0 saturated heterocycles. The molecule has 80 valence electrons. The minimum absolute atomic E-state index is 0.154. The molecule has 0 aliphatic heterocycles. The number of hydrogen-bond donors (Lipinski definition) is 4. The number of aliphatic hydroxyl groups is 1. The van der Waals surface area contributed by atoms with Crippen molar-refractivity contribution < 1.29 is 5.11 Å². The summed E-state index contributed by atoms with van der Waals surface area (Å²) in [4.78, 5) is 7.05. The zero-order chi connectivity index (χ0) is 10.7. The molecule has 4 N–H and O–H groups in total. The number of aromatic nitrogens is 4. The van der Waals surface area contributed by atoms with Crippen LogP contribution in [0.5, 0.6) is 0 Å². The van der Waals surface area contributed by atoms with Crippen molar-refractivity contribution in [3.05, 3.63) is 11.0 Å². The first-order valence-corrected chi connectivity index (χ1v) is 5.00. The highest BCUT2D eigenvalue weighted by atomic mass is 32.1. The summed E-state index contributed by atoms with van der Waals surface area (Å²) in [7, 11) is 0. The molecule has 0 amide bonds. The van der Waals surface area contributed by atoms with E-state index in [0.717, 1.165) is 11.0 Å². The van der Waals surface area contributed by atoms with E-state index in [9.17, 15) is 0 Å². The molecule has 6 nitrogen and oxygen atoms in total. The molecule has 0 aromatic carbocycles. The quantitative estimate of drug-likeness (QED) is 0.456. The molecule has 2 heterocycles. The number of nitrogens with zero attached hydrogens (tertiary/aromatic N) is 2. The zero-order valence-electron chi connectivity index (χ0n) is 7.95. The van der Waals surface area contributed by atoms with Crippen molar-refractivity contribution in [2.75, 3.05) is 18.5 Å². The lowest BCUT2D eigenvalue weighted by atomic mass is 10.4. The van der Waals surface area contributed by atoms with Crippen LogP contribution in [0.15, 0.2) is 6.20 Å². The lowest BCUT2D eigenvalue weighted by Gasteiger charge is -2.04. The highest BCUT2D eigenvalue weighted by molar-refractivity contribution is 7.71. The third kappa shape index (κ3) is 2.13. The summed E-state index contributed by atoms with van der Waals surface area (Å²) < 4.78 is 0.401. The molecular formula is C8H11N5OS. The Kier molecular flexibility index (Phi) is 2.93. The minimum Gasteiger partial charge on any atom is -0.396 e. The standard InChI is InChI=1S/C8H11N5OS/c14-3-1-2-9-6-5-4-10-13-7(5)12-8(15)11-6/h4,14H,1-3H2,(H3,9,10,11,12,13,15). The smallest absolute Gasteiger partial charge is 0.200 e. The minimum atomic E-state index is 0.154. The van der Waals surface area contributed by atoms with Crippen LogP contribution >= 0.6 is 12.2 Å². The number of nitrogens with one attached hydrogen (secondary N) is 3. The summed E-state index contributed by atoms with van der Waals surface area (Å²) >= 11 is 4.97. The Bertz CT molecular complexity index is 505. The number of aromatic amines is 2. The predicted molar refractivity (Wildman–Crippen MR) is 59.3 cm³/mol. The zero-order valence-corrected chi connectivity index (χ0v) is 8.77. The summed E-state index contributed by atoms with van der Waals surface area (Å²) in [6, 6.07) is 0. The van der Waals surface area contributed by atoms with Gasteiger partial charge in [-0.3, -0.25) is 5.10 Å². The molecule has 7 heteroatoms. The number of fused-ring (bicyclic) bond motifs is 1. The van der Waals surface area contributed by atoms with Crippen LogP contribution in [-0.2, 0) is 0 Å². The molecule has 2 aromatic rings. The van der Waals surface area contributed by atoms with Gasteiger partial charge in [0.15, 0.2) is 4.77 Å². The molecule has 0 atom stereocenters. The van der Waals surface area contributed by atoms with E-state index in [1.807, 2.05) is 0 Å². The van der Waals surface area contributed by atoms with E-state index < -0.39 is 0 Å². The second kappa shape index (κ2) is 4.37. The largest absolute Gasteiger partial charge is 0.396 e. The maximum Gasteiger partial charge on any atom is 0.200 e. The van der Waals surface area contributed by atoms with Gasteiger partial charge < -0.3 is 15.4 Å². The predicted octanol–water partition coefficient (Wildman–Crippen LogP) is 0.810. The van der Waals surface area contributed by atoms with Gasteiger partial charge in [-0.05, 0) is 18.6 Å². The van der Waals surface area contributed by atoms with Gasteiger partial charge in [0.05, 0.1) is 11.6 Å². The Labute approximate surface area is 90.7 Å². The number of hydrogen-bond acceptors (Lipinski definition) is 5. The van der Waals surface area contributed by atoms with E-state index >= 15 is 0 Å². The highest BCUT2D eigenvalue weighted by Gasteiger charge is 2.04. The fourth-order valence-electron chi connectivity index (χ4n) is 1.28. The average Bonchev–Trinajstić information content (AvgIpc) is 2.65. The monoisotopic (exact) mass is 225 g/mol. The van der Waals surface area contributed by atoms with Crippen molar-refractivity contribution in [1.29, 1.82) is 0 Å². The summed E-state index contributed by atoms with van der Waals surface area (Å²) in [6.07, 6.45) is 2.35. The second-order valence-electron chi connectivity index (χ2n) is 3.05. The average molecular weight is 225 g/mol. The van der Waals surface area contributed by atoms with Crippen LogP contribution < -0.4 is 5.32 Å². The van der Waals surface area contributed by atoms with Crippen LogP contribution in [0.3, 0.4) is 0 Å². The Hall–Kier alpha value is -1.47. The van der Waals surface area contributed by atoms with E-state index in [1.54, 1.807) is 6.20 Å². The van der Waals surface area contributed by atoms with Crippen molar-refractivity contribution in [2.45, 2.75) is 6.42 Å². The van der Waals surface area contributed by atoms with Crippen LogP contribution in [0.25, 0.3) is 11.0 Å². The summed E-state index contributed by atoms with van der Waals surface area (Å²) in [5, 5.41) is 19.3. The van der Waals surface area contributed by atoms with Crippen molar-refractivity contribution in [3.63, 3.8) is 0 Å². The number of rotatable bonds is 4. The van der Waals surface area contributed by atoms with Crippen molar-refractivity contribution in [1.82, 2.24) is 20.2 Å². The molecule has 0 radical (unpaired) electrons. The molecule has 2 aromatic heterocycles. The molecule has 0 spiro atoms. The topological polar surface area (TPSA) is 89.6 Å². The Morgan fingerprint density at radius 2 is 2.40 bits per heavy atom. The lowest BCUT2D eigenvalue weighted by Crippen LogP contribution is -2.05. The van der Waals surface area contributed by atoms with Gasteiger partial charge in [0.2, 0.25) is 0 Å². The molecule has 0 unspecified atom stereocenters. The van der Waals surface area contributed by atoms with Crippen LogP contribution in [0.1, 0.15) is 6.42 Å². The Morgan fingerprint density at radius 1 is 1.53 bits per heavy atom. The molecule has 0 aliphatic carbocycles. The van der Waals surface area contributed by atoms with Crippen molar-refractivity contribution in [2.24, 2.45) is 0 Å². The van der Waals surface area contributed by atoms with E-state index in [1.165, 1.54) is 0 Å². The van der Waals surface area contributed by atoms with Gasteiger partial charge in [-0.1, -0.05) is 0 Å². The van der Waals surface area contributed by atoms with Crippen LogP contribution in [0, 0.1) is 4.77 Å². The molecular weight excluding hydrogens is 214 g/mol. The third-order valence-electron chi connectivity index (χ3n) is 1.97. The molecule has 2 rings (SSSR count). The first-order chi connectivity index (χ1) is 7.31. The number of anilines is 1. The van der Waals surface area contributed by atoms with E-state index in [2.05, 4.69) is 25.5 Å². The summed E-state index contributed by atoms with van der Waals surface area (Å²) in [5.41, 5.74) is 0.751.